The Kier molecular flexibility index (Phi) is 4.33. The topological polar surface area (TPSA) is 97.7 Å². The van der Waals surface area contributed by atoms with Crippen molar-refractivity contribution in [1.29, 1.82) is 0 Å². The molecule has 0 spiro atoms. The summed E-state index contributed by atoms with van der Waals surface area (Å²) < 4.78 is 28.0. The van der Waals surface area contributed by atoms with Gasteiger partial charge in [-0.3, -0.25) is 14.7 Å². The molecule has 0 saturated heterocycles. The van der Waals surface area contributed by atoms with E-state index in [1.807, 2.05) is 30.3 Å². The van der Waals surface area contributed by atoms with Crippen molar-refractivity contribution in [2.45, 2.75) is 4.90 Å². The minimum atomic E-state index is -3.79. The van der Waals surface area contributed by atoms with Crippen LogP contribution in [0.2, 0.25) is 0 Å². The summed E-state index contributed by atoms with van der Waals surface area (Å²) in [6, 6.07) is 18.1. The molecule has 0 fully saturated rings. The molecular weight excluding hydrogens is 398 g/mol. The number of rotatable bonds is 4. The molecule has 7 nitrogen and oxygen atoms in total. The van der Waals surface area contributed by atoms with Crippen molar-refractivity contribution in [3.8, 4) is 11.3 Å². The van der Waals surface area contributed by atoms with E-state index in [0.717, 1.165) is 32.9 Å². The highest BCUT2D eigenvalue weighted by molar-refractivity contribution is 7.92. The van der Waals surface area contributed by atoms with Crippen molar-refractivity contribution in [2.24, 2.45) is 0 Å². The largest absolute Gasteiger partial charge is 0.263 e. The molecule has 3 heterocycles. The molecule has 146 valence electrons. The first-order valence-corrected chi connectivity index (χ1v) is 10.6. The average molecular weight is 413 g/mol. The van der Waals surface area contributed by atoms with E-state index in [2.05, 4.69) is 24.7 Å². The van der Waals surface area contributed by atoms with Crippen LogP contribution in [0.15, 0.2) is 90.5 Å². The number of benzene rings is 2. The second-order valence-corrected chi connectivity index (χ2v) is 8.31. The van der Waals surface area contributed by atoms with Gasteiger partial charge in [0.15, 0.2) is 0 Å². The standard InChI is InChI=1S/C22H15N5O2S/c28-30(29,27-20-9-11-23-14-26-20)17-6-7-18-16(13-17)8-12-25-22(18)19-5-1-3-15-4-2-10-24-21(15)19/h1-14H,(H,23,26,27). The molecule has 8 heteroatoms. The smallest absolute Gasteiger partial charge is 0.263 e. The molecule has 0 atom stereocenters. The number of hydrogen-bond acceptors (Lipinski definition) is 6. The van der Waals surface area contributed by atoms with E-state index >= 15 is 0 Å². The van der Waals surface area contributed by atoms with Crippen LogP contribution in [-0.2, 0) is 10.0 Å². The quantitative estimate of drug-likeness (QED) is 0.477. The fourth-order valence-electron chi connectivity index (χ4n) is 3.38. The van der Waals surface area contributed by atoms with Gasteiger partial charge < -0.3 is 0 Å². The van der Waals surface area contributed by atoms with Crippen LogP contribution >= 0.6 is 0 Å². The predicted molar refractivity (Wildman–Crippen MR) is 115 cm³/mol. The van der Waals surface area contributed by atoms with Gasteiger partial charge in [0.25, 0.3) is 10.0 Å². The summed E-state index contributed by atoms with van der Waals surface area (Å²) >= 11 is 0. The highest BCUT2D eigenvalue weighted by Crippen LogP contribution is 2.32. The number of fused-ring (bicyclic) bond motifs is 2. The molecule has 0 aliphatic carbocycles. The molecule has 30 heavy (non-hydrogen) atoms. The normalized spacial score (nSPS) is 11.6. The number of pyridine rings is 2. The molecule has 2 aromatic carbocycles. The Balaban J connectivity index is 1.62. The van der Waals surface area contributed by atoms with E-state index in [4.69, 9.17) is 0 Å². The minimum absolute atomic E-state index is 0.141. The molecule has 0 amide bonds. The van der Waals surface area contributed by atoms with E-state index in [1.54, 1.807) is 36.7 Å². The molecule has 5 rings (SSSR count). The third-order valence-corrected chi connectivity index (χ3v) is 6.11. The van der Waals surface area contributed by atoms with Crippen molar-refractivity contribution in [3.63, 3.8) is 0 Å². The van der Waals surface area contributed by atoms with Gasteiger partial charge in [0.05, 0.1) is 16.1 Å². The Bertz CT molecular complexity index is 1480. The summed E-state index contributed by atoms with van der Waals surface area (Å²) in [5.74, 6) is 0.211. The third-order valence-electron chi connectivity index (χ3n) is 4.75. The molecule has 3 aromatic heterocycles. The van der Waals surface area contributed by atoms with Crippen LogP contribution in [0.1, 0.15) is 0 Å². The van der Waals surface area contributed by atoms with E-state index in [0.29, 0.717) is 0 Å². The van der Waals surface area contributed by atoms with Crippen molar-refractivity contribution < 1.29 is 8.42 Å². The number of anilines is 1. The van der Waals surface area contributed by atoms with Gasteiger partial charge in [-0.05, 0) is 35.7 Å². The minimum Gasteiger partial charge on any atom is -0.263 e. The van der Waals surface area contributed by atoms with Crippen molar-refractivity contribution >= 4 is 37.5 Å². The Morgan fingerprint density at radius 2 is 1.67 bits per heavy atom. The third kappa shape index (κ3) is 3.23. The van der Waals surface area contributed by atoms with Crippen LogP contribution < -0.4 is 4.72 Å². The summed E-state index contributed by atoms with van der Waals surface area (Å²) in [5.41, 5.74) is 2.50. The Morgan fingerprint density at radius 1 is 0.767 bits per heavy atom. The number of nitrogens with zero attached hydrogens (tertiary/aromatic N) is 4. The molecule has 1 N–H and O–H groups in total. The molecule has 0 unspecified atom stereocenters. The van der Waals surface area contributed by atoms with Gasteiger partial charge in [-0.2, -0.15) is 0 Å². The second-order valence-electron chi connectivity index (χ2n) is 6.62. The molecule has 0 aliphatic heterocycles. The number of nitrogens with one attached hydrogen (secondary N) is 1. The number of para-hydroxylation sites is 1. The lowest BCUT2D eigenvalue weighted by Crippen LogP contribution is -2.13. The molecule has 0 radical (unpaired) electrons. The van der Waals surface area contributed by atoms with Crippen LogP contribution in [-0.4, -0.2) is 28.4 Å². The van der Waals surface area contributed by atoms with Gasteiger partial charge in [0.1, 0.15) is 12.1 Å². The number of hydrogen-bond donors (Lipinski definition) is 1. The van der Waals surface area contributed by atoms with Crippen LogP contribution in [0.25, 0.3) is 32.9 Å². The second kappa shape index (κ2) is 7.16. The number of sulfonamides is 1. The zero-order valence-electron chi connectivity index (χ0n) is 15.6. The maximum Gasteiger partial charge on any atom is 0.263 e. The zero-order valence-corrected chi connectivity index (χ0v) is 16.4. The van der Waals surface area contributed by atoms with Crippen LogP contribution in [0.3, 0.4) is 0 Å². The maximum absolute atomic E-state index is 12.8. The lowest BCUT2D eigenvalue weighted by Gasteiger charge is -2.11. The van der Waals surface area contributed by atoms with Crippen molar-refractivity contribution in [2.75, 3.05) is 4.72 Å². The monoisotopic (exact) mass is 413 g/mol. The fraction of sp³-hybridized carbons (Fsp3) is 0. The lowest BCUT2D eigenvalue weighted by atomic mass is 10.0. The molecular formula is C22H15N5O2S. The molecule has 5 aromatic rings. The summed E-state index contributed by atoms with van der Waals surface area (Å²) in [5, 5.41) is 2.62. The Hall–Kier alpha value is -3.91. The van der Waals surface area contributed by atoms with E-state index in [1.165, 1.54) is 18.6 Å². The van der Waals surface area contributed by atoms with E-state index in [-0.39, 0.29) is 10.7 Å². The molecule has 0 saturated carbocycles. The van der Waals surface area contributed by atoms with Crippen molar-refractivity contribution in [1.82, 2.24) is 19.9 Å². The van der Waals surface area contributed by atoms with E-state index < -0.39 is 10.0 Å². The SMILES string of the molecule is O=S(=O)(Nc1ccncn1)c1ccc2c(-c3cccc4cccnc34)nccc2c1. The summed E-state index contributed by atoms with van der Waals surface area (Å²) in [6.07, 6.45) is 6.18. The van der Waals surface area contributed by atoms with Gasteiger partial charge in [0.2, 0.25) is 0 Å². The average Bonchev–Trinajstić information content (AvgIpc) is 2.78. The van der Waals surface area contributed by atoms with Gasteiger partial charge in [0, 0.05) is 34.9 Å². The summed E-state index contributed by atoms with van der Waals surface area (Å²) in [7, 11) is -3.79. The van der Waals surface area contributed by atoms with Crippen molar-refractivity contribution in [3.05, 3.63) is 85.6 Å². The van der Waals surface area contributed by atoms with Crippen LogP contribution in [0.4, 0.5) is 5.82 Å². The first kappa shape index (κ1) is 18.1. The fourth-order valence-corrected chi connectivity index (χ4v) is 4.42. The van der Waals surface area contributed by atoms with Gasteiger partial charge >= 0.3 is 0 Å². The number of aromatic nitrogens is 4. The highest BCUT2D eigenvalue weighted by atomic mass is 32.2. The Labute approximate surface area is 172 Å². The van der Waals surface area contributed by atoms with Crippen LogP contribution in [0.5, 0.6) is 0 Å². The van der Waals surface area contributed by atoms with Gasteiger partial charge in [-0.15, -0.1) is 0 Å². The van der Waals surface area contributed by atoms with Gasteiger partial charge in [-0.25, -0.2) is 18.4 Å². The maximum atomic E-state index is 12.8. The molecule has 0 bridgehead atoms. The van der Waals surface area contributed by atoms with Gasteiger partial charge in [-0.1, -0.05) is 30.3 Å². The summed E-state index contributed by atoms with van der Waals surface area (Å²) in [4.78, 5) is 16.9. The molecule has 0 aliphatic rings. The Morgan fingerprint density at radius 3 is 2.53 bits per heavy atom. The predicted octanol–water partition coefficient (Wildman–Crippen LogP) is 4.04. The lowest BCUT2D eigenvalue weighted by molar-refractivity contribution is 0.601. The summed E-state index contributed by atoms with van der Waals surface area (Å²) in [6.45, 7) is 0. The highest BCUT2D eigenvalue weighted by Gasteiger charge is 2.17. The van der Waals surface area contributed by atoms with Crippen LogP contribution in [0, 0.1) is 0 Å². The van der Waals surface area contributed by atoms with E-state index in [9.17, 15) is 8.42 Å². The first-order chi connectivity index (χ1) is 14.6. The first-order valence-electron chi connectivity index (χ1n) is 9.13. The zero-order chi connectivity index (χ0) is 20.6.